The monoisotopic (exact) mass is 379 g/mol. The number of esters is 1. The maximum absolute atomic E-state index is 12.3. The third kappa shape index (κ3) is 4.17. The largest absolute Gasteiger partial charge is 0.466 e. The maximum Gasteiger partial charge on any atom is 0.337 e. The molecule has 3 rings (SSSR count). The lowest BCUT2D eigenvalue weighted by Gasteiger charge is -2.29. The predicted octanol–water partition coefficient (Wildman–Crippen LogP) is 3.51. The van der Waals surface area contributed by atoms with E-state index in [9.17, 15) is 9.59 Å². The second-order valence-corrected chi connectivity index (χ2v) is 6.70. The molecule has 1 aliphatic heterocycles. The molecule has 0 spiro atoms. The van der Waals surface area contributed by atoms with E-state index in [-0.39, 0.29) is 6.03 Å². The molecule has 28 heavy (non-hydrogen) atoms. The summed E-state index contributed by atoms with van der Waals surface area (Å²) in [4.78, 5) is 26.5. The van der Waals surface area contributed by atoms with E-state index in [1.54, 1.807) is 0 Å². The van der Waals surface area contributed by atoms with Crippen LogP contribution in [-0.4, -0.2) is 26.2 Å². The fraction of sp³-hybridized carbons (Fsp3) is 0.273. The number of carbonyl (C=O) groups is 2. The molecule has 0 fully saturated rings. The fourth-order valence-electron chi connectivity index (χ4n) is 3.37. The summed E-state index contributed by atoms with van der Waals surface area (Å²) in [6.45, 7) is 2.68. The van der Waals surface area contributed by atoms with Crippen LogP contribution in [0.3, 0.4) is 0 Å². The first-order valence-corrected chi connectivity index (χ1v) is 9.27. The van der Waals surface area contributed by atoms with Gasteiger partial charge in [0.15, 0.2) is 0 Å². The van der Waals surface area contributed by atoms with E-state index in [1.807, 2.05) is 56.4 Å². The van der Waals surface area contributed by atoms with Crippen molar-refractivity contribution in [3.63, 3.8) is 0 Å². The lowest BCUT2D eigenvalue weighted by Crippen LogP contribution is -2.45. The molecule has 6 nitrogen and oxygen atoms in total. The van der Waals surface area contributed by atoms with Gasteiger partial charge in [0, 0.05) is 25.0 Å². The van der Waals surface area contributed by atoms with Crippen molar-refractivity contribution in [3.05, 3.63) is 77.0 Å². The molecular formula is C22H25N3O3. The fourth-order valence-corrected chi connectivity index (χ4v) is 3.37. The first-order valence-electron chi connectivity index (χ1n) is 9.27. The van der Waals surface area contributed by atoms with Crippen LogP contribution in [0.5, 0.6) is 0 Å². The minimum Gasteiger partial charge on any atom is -0.466 e. The van der Waals surface area contributed by atoms with Gasteiger partial charge in [0.1, 0.15) is 0 Å². The third-order valence-corrected chi connectivity index (χ3v) is 4.84. The molecule has 6 heteroatoms. The number of ether oxygens (including phenoxy) is 1. The normalized spacial score (nSPS) is 16.2. The first kappa shape index (κ1) is 19.5. The van der Waals surface area contributed by atoms with Gasteiger partial charge in [-0.15, -0.1) is 0 Å². The van der Waals surface area contributed by atoms with Gasteiger partial charge in [-0.2, -0.15) is 0 Å². The van der Waals surface area contributed by atoms with Crippen LogP contribution in [0.25, 0.3) is 0 Å². The molecule has 1 heterocycles. The Labute approximate surface area is 165 Å². The van der Waals surface area contributed by atoms with Crippen molar-refractivity contribution in [2.24, 2.45) is 0 Å². The minimum absolute atomic E-state index is 0.320. The summed E-state index contributed by atoms with van der Waals surface area (Å²) >= 11 is 0. The van der Waals surface area contributed by atoms with Crippen molar-refractivity contribution in [1.29, 1.82) is 0 Å². The second kappa shape index (κ2) is 8.61. The molecule has 0 saturated heterocycles. The van der Waals surface area contributed by atoms with Gasteiger partial charge in [0.25, 0.3) is 0 Å². The molecule has 0 aromatic heterocycles. The van der Waals surface area contributed by atoms with E-state index < -0.39 is 12.0 Å². The van der Waals surface area contributed by atoms with E-state index in [0.717, 1.165) is 17.8 Å². The third-order valence-electron chi connectivity index (χ3n) is 4.84. The summed E-state index contributed by atoms with van der Waals surface area (Å²) in [5, 5.41) is 5.54. The first-order chi connectivity index (χ1) is 13.5. The number of allylic oxidation sites excluding steroid dienone is 1. The number of urea groups is 1. The number of methoxy groups -OCH3 is 1. The van der Waals surface area contributed by atoms with Gasteiger partial charge >= 0.3 is 12.0 Å². The highest BCUT2D eigenvalue weighted by molar-refractivity contribution is 5.95. The summed E-state index contributed by atoms with van der Waals surface area (Å²) < 4.78 is 4.94. The Morgan fingerprint density at radius 1 is 1.11 bits per heavy atom. The number of hydrogen-bond donors (Lipinski definition) is 2. The van der Waals surface area contributed by atoms with Gasteiger partial charge in [-0.05, 0) is 29.7 Å². The molecule has 1 aliphatic rings. The predicted molar refractivity (Wildman–Crippen MR) is 109 cm³/mol. The zero-order chi connectivity index (χ0) is 20.1. The lowest BCUT2D eigenvalue weighted by molar-refractivity contribution is -0.136. The van der Waals surface area contributed by atoms with Gasteiger partial charge in [-0.25, -0.2) is 9.59 Å². The number of anilines is 1. The Morgan fingerprint density at radius 3 is 2.39 bits per heavy atom. The molecule has 2 N–H and O–H groups in total. The molecule has 0 aliphatic carbocycles. The summed E-state index contributed by atoms with van der Waals surface area (Å²) in [6, 6.07) is 17.2. The van der Waals surface area contributed by atoms with Crippen LogP contribution < -0.4 is 15.5 Å². The van der Waals surface area contributed by atoms with Crippen LogP contribution >= 0.6 is 0 Å². The Kier molecular flexibility index (Phi) is 5.99. The van der Waals surface area contributed by atoms with Crippen LogP contribution in [-0.2, 0) is 16.1 Å². The number of nitrogens with one attached hydrogen (secondary N) is 2. The van der Waals surface area contributed by atoms with Crippen molar-refractivity contribution in [1.82, 2.24) is 10.6 Å². The zero-order valence-electron chi connectivity index (χ0n) is 16.4. The molecule has 146 valence electrons. The van der Waals surface area contributed by atoms with Gasteiger partial charge in [-0.1, -0.05) is 49.4 Å². The van der Waals surface area contributed by atoms with Crippen molar-refractivity contribution >= 4 is 17.7 Å². The van der Waals surface area contributed by atoms with Crippen molar-refractivity contribution in [2.45, 2.75) is 25.9 Å². The van der Waals surface area contributed by atoms with Gasteiger partial charge in [0.05, 0.1) is 18.7 Å². The maximum atomic E-state index is 12.3. The number of benzene rings is 2. The smallest absolute Gasteiger partial charge is 0.337 e. The Balaban J connectivity index is 1.85. The number of nitrogens with zero attached hydrogens (tertiary/aromatic N) is 1. The van der Waals surface area contributed by atoms with Crippen LogP contribution in [0.2, 0.25) is 0 Å². The lowest BCUT2D eigenvalue weighted by atomic mass is 9.94. The van der Waals surface area contributed by atoms with E-state index in [4.69, 9.17) is 4.74 Å². The molecule has 0 radical (unpaired) electrons. The van der Waals surface area contributed by atoms with Crippen molar-refractivity contribution < 1.29 is 14.3 Å². The van der Waals surface area contributed by atoms with E-state index in [2.05, 4.69) is 27.7 Å². The molecule has 2 aromatic carbocycles. The Bertz CT molecular complexity index is 876. The second-order valence-electron chi connectivity index (χ2n) is 6.70. The average Bonchev–Trinajstić information content (AvgIpc) is 2.73. The van der Waals surface area contributed by atoms with Crippen molar-refractivity contribution in [2.75, 3.05) is 19.1 Å². The Morgan fingerprint density at radius 2 is 1.79 bits per heavy atom. The zero-order valence-corrected chi connectivity index (χ0v) is 16.4. The quantitative estimate of drug-likeness (QED) is 0.754. The molecule has 2 amide bonds. The standard InChI is InChI=1S/C22H25N3O3/c1-4-18-19(21(26)28-3)20(24-22(27)23-18)16-10-12-17(13-11-16)25(2)14-15-8-6-5-7-9-15/h5-13,20H,4,14H2,1-3H3,(H2,23,24,27). The Hall–Kier alpha value is -3.28. The molecular weight excluding hydrogens is 354 g/mol. The molecule has 1 atom stereocenters. The highest BCUT2D eigenvalue weighted by Crippen LogP contribution is 2.30. The number of amides is 2. The van der Waals surface area contributed by atoms with Crippen LogP contribution in [0.1, 0.15) is 30.5 Å². The average molecular weight is 379 g/mol. The van der Waals surface area contributed by atoms with E-state index in [0.29, 0.717) is 17.7 Å². The topological polar surface area (TPSA) is 70.7 Å². The number of carbonyl (C=O) groups excluding carboxylic acids is 2. The highest BCUT2D eigenvalue weighted by atomic mass is 16.5. The summed E-state index contributed by atoms with van der Waals surface area (Å²) in [6.07, 6.45) is 0.534. The molecule has 0 saturated carbocycles. The van der Waals surface area contributed by atoms with Crippen LogP contribution in [0.4, 0.5) is 10.5 Å². The number of hydrogen-bond acceptors (Lipinski definition) is 4. The van der Waals surface area contributed by atoms with E-state index >= 15 is 0 Å². The highest BCUT2D eigenvalue weighted by Gasteiger charge is 2.32. The van der Waals surface area contributed by atoms with Gasteiger partial charge in [-0.3, -0.25) is 0 Å². The van der Waals surface area contributed by atoms with Crippen LogP contribution in [0.15, 0.2) is 65.9 Å². The van der Waals surface area contributed by atoms with E-state index in [1.165, 1.54) is 12.7 Å². The van der Waals surface area contributed by atoms with Gasteiger partial charge < -0.3 is 20.3 Å². The van der Waals surface area contributed by atoms with Crippen molar-refractivity contribution in [3.8, 4) is 0 Å². The molecule has 1 unspecified atom stereocenters. The summed E-state index contributed by atoms with van der Waals surface area (Å²) in [5.41, 5.74) is 4.13. The SMILES string of the molecule is CCC1=C(C(=O)OC)C(c2ccc(N(C)Cc3ccccc3)cc2)NC(=O)N1. The molecule has 0 bridgehead atoms. The minimum atomic E-state index is -0.537. The summed E-state index contributed by atoms with van der Waals surface area (Å²) in [5.74, 6) is -0.445. The van der Waals surface area contributed by atoms with Crippen LogP contribution in [0, 0.1) is 0 Å². The summed E-state index contributed by atoms with van der Waals surface area (Å²) in [7, 11) is 3.38. The molecule has 2 aromatic rings. The van der Waals surface area contributed by atoms with Gasteiger partial charge in [0.2, 0.25) is 0 Å². The number of rotatable bonds is 6.